The molecule has 0 saturated heterocycles. The Bertz CT molecular complexity index is 1820. The van der Waals surface area contributed by atoms with Crippen LogP contribution < -0.4 is 5.56 Å². The summed E-state index contributed by atoms with van der Waals surface area (Å²) in [5.41, 5.74) is 1.22. The number of rotatable bonds is 6. The average molecular weight is 579 g/mol. The summed E-state index contributed by atoms with van der Waals surface area (Å²) < 4.78 is 70.3. The lowest BCUT2D eigenvalue weighted by Crippen LogP contribution is -2.24. The summed E-state index contributed by atoms with van der Waals surface area (Å²) in [7, 11) is 0. The molecule has 1 fully saturated rings. The standard InChI is InChI=1S/C27H20ClF5N4OS/c1-2-3-15-19(28)7-6-16-22-25(39-23(15)16)35-24(18-9-21(30)20(29)8-17(18)14-4-5-14)36(26(22)38)11-13-10-34-37(12-13)27(31,32)33/h6-10,12,14H,2-5,11H2,1H3. The van der Waals surface area contributed by atoms with E-state index in [4.69, 9.17) is 16.6 Å². The van der Waals surface area contributed by atoms with Crippen LogP contribution in [0.25, 0.3) is 31.7 Å². The Morgan fingerprint density at radius 1 is 1.15 bits per heavy atom. The van der Waals surface area contributed by atoms with Crippen LogP contribution in [0, 0.1) is 11.6 Å². The maximum Gasteiger partial charge on any atom is 0.504 e. The van der Waals surface area contributed by atoms with Gasteiger partial charge in [0.2, 0.25) is 0 Å². The molecule has 5 nitrogen and oxygen atoms in total. The Morgan fingerprint density at radius 2 is 1.90 bits per heavy atom. The number of fused-ring (bicyclic) bond motifs is 3. The molecule has 0 bridgehead atoms. The first-order valence-corrected chi connectivity index (χ1v) is 13.5. The number of benzene rings is 2. The topological polar surface area (TPSA) is 52.7 Å². The highest BCUT2D eigenvalue weighted by molar-refractivity contribution is 7.25. The van der Waals surface area contributed by atoms with Crippen molar-refractivity contribution in [2.75, 3.05) is 0 Å². The average Bonchev–Trinajstić information content (AvgIpc) is 3.48. The molecule has 1 aliphatic rings. The molecule has 0 unspecified atom stereocenters. The molecule has 2 aromatic carbocycles. The summed E-state index contributed by atoms with van der Waals surface area (Å²) in [5, 5.41) is 4.87. The Labute approximate surface area is 227 Å². The Balaban J connectivity index is 1.65. The van der Waals surface area contributed by atoms with Gasteiger partial charge in [0.15, 0.2) is 11.6 Å². The van der Waals surface area contributed by atoms with E-state index in [9.17, 15) is 26.7 Å². The third-order valence-corrected chi connectivity index (χ3v) is 8.41. The first-order chi connectivity index (χ1) is 18.6. The van der Waals surface area contributed by atoms with Crippen molar-refractivity contribution < 1.29 is 22.0 Å². The van der Waals surface area contributed by atoms with Gasteiger partial charge in [0, 0.05) is 32.4 Å². The van der Waals surface area contributed by atoms with Crippen LogP contribution in [0.2, 0.25) is 5.02 Å². The molecule has 3 aromatic heterocycles. The Hall–Kier alpha value is -3.31. The van der Waals surface area contributed by atoms with E-state index < -0.39 is 23.5 Å². The predicted octanol–water partition coefficient (Wildman–Crippen LogP) is 7.76. The molecule has 1 aliphatic carbocycles. The molecule has 0 atom stereocenters. The van der Waals surface area contributed by atoms with Crippen LogP contribution in [-0.4, -0.2) is 19.3 Å². The molecule has 39 heavy (non-hydrogen) atoms. The smallest absolute Gasteiger partial charge is 0.287 e. The van der Waals surface area contributed by atoms with E-state index in [0.29, 0.717) is 32.6 Å². The minimum absolute atomic E-state index is 0.0264. The van der Waals surface area contributed by atoms with Crippen molar-refractivity contribution in [3.8, 4) is 11.4 Å². The van der Waals surface area contributed by atoms with E-state index in [2.05, 4.69) is 5.10 Å². The van der Waals surface area contributed by atoms with Crippen LogP contribution in [0.3, 0.4) is 0 Å². The molecule has 3 heterocycles. The fourth-order valence-electron chi connectivity index (χ4n) is 4.94. The van der Waals surface area contributed by atoms with Gasteiger partial charge in [-0.15, -0.1) is 24.5 Å². The van der Waals surface area contributed by atoms with Crippen LogP contribution in [0.15, 0.2) is 41.5 Å². The van der Waals surface area contributed by atoms with Gasteiger partial charge in [-0.3, -0.25) is 9.36 Å². The number of aromatic nitrogens is 4. The number of halogens is 6. The first-order valence-electron chi connectivity index (χ1n) is 12.3. The molecule has 0 spiro atoms. The highest BCUT2D eigenvalue weighted by Gasteiger charge is 2.33. The molecule has 0 amide bonds. The second kappa shape index (κ2) is 9.41. The first kappa shape index (κ1) is 25.9. The van der Waals surface area contributed by atoms with Gasteiger partial charge in [-0.1, -0.05) is 31.0 Å². The van der Waals surface area contributed by atoms with Gasteiger partial charge in [-0.25, -0.2) is 13.8 Å². The van der Waals surface area contributed by atoms with Gasteiger partial charge in [0.05, 0.1) is 18.1 Å². The minimum Gasteiger partial charge on any atom is -0.287 e. The molecule has 1 saturated carbocycles. The van der Waals surface area contributed by atoms with E-state index >= 15 is 0 Å². The normalized spacial score (nSPS) is 14.1. The van der Waals surface area contributed by atoms with Crippen LogP contribution in [0.5, 0.6) is 0 Å². The van der Waals surface area contributed by atoms with Crippen molar-refractivity contribution in [1.82, 2.24) is 19.3 Å². The predicted molar refractivity (Wildman–Crippen MR) is 140 cm³/mol. The van der Waals surface area contributed by atoms with E-state index in [0.717, 1.165) is 54.1 Å². The zero-order chi connectivity index (χ0) is 27.6. The molecule has 0 N–H and O–H groups in total. The van der Waals surface area contributed by atoms with Gasteiger partial charge in [0.25, 0.3) is 5.56 Å². The zero-order valence-corrected chi connectivity index (χ0v) is 22.0. The summed E-state index contributed by atoms with van der Waals surface area (Å²) in [4.78, 5) is 19.2. The summed E-state index contributed by atoms with van der Waals surface area (Å²) in [6.45, 7) is 1.71. The third-order valence-electron chi connectivity index (χ3n) is 6.89. The molecular weight excluding hydrogens is 559 g/mol. The second-order valence-electron chi connectivity index (χ2n) is 9.65. The van der Waals surface area contributed by atoms with Crippen LogP contribution in [0.1, 0.15) is 48.8 Å². The number of alkyl halides is 3. The third kappa shape index (κ3) is 4.51. The highest BCUT2D eigenvalue weighted by atomic mass is 35.5. The monoisotopic (exact) mass is 578 g/mol. The molecule has 6 rings (SSSR count). The molecule has 0 aliphatic heterocycles. The number of aryl methyl sites for hydroxylation is 1. The second-order valence-corrected chi connectivity index (χ2v) is 11.1. The Kier molecular flexibility index (Phi) is 6.26. The summed E-state index contributed by atoms with van der Waals surface area (Å²) in [6, 6.07) is 5.58. The van der Waals surface area contributed by atoms with Gasteiger partial charge >= 0.3 is 6.30 Å². The highest BCUT2D eigenvalue weighted by Crippen LogP contribution is 2.45. The van der Waals surface area contributed by atoms with Crippen LogP contribution in [0.4, 0.5) is 22.0 Å². The summed E-state index contributed by atoms with van der Waals surface area (Å²) in [5.74, 6) is -2.08. The van der Waals surface area contributed by atoms with E-state index in [1.54, 1.807) is 12.1 Å². The molecule has 0 radical (unpaired) electrons. The van der Waals surface area contributed by atoms with Crippen LogP contribution >= 0.6 is 22.9 Å². The van der Waals surface area contributed by atoms with Crippen molar-refractivity contribution in [2.24, 2.45) is 0 Å². The molecular formula is C27H20ClF5N4OS. The van der Waals surface area contributed by atoms with Gasteiger partial charge in [-0.2, -0.15) is 9.78 Å². The van der Waals surface area contributed by atoms with Gasteiger partial charge in [0.1, 0.15) is 10.7 Å². The SMILES string of the molecule is CCCc1c(Cl)ccc2c1sc1nc(-c3cc(F)c(F)cc3C3CC3)n(Cc3cnn(C(F)(F)F)c3)c(=O)c12. The minimum atomic E-state index is -4.73. The van der Waals surface area contributed by atoms with Crippen LogP contribution in [-0.2, 0) is 19.3 Å². The lowest BCUT2D eigenvalue weighted by Gasteiger charge is -2.15. The van der Waals surface area contributed by atoms with Crippen molar-refractivity contribution >= 4 is 43.2 Å². The van der Waals surface area contributed by atoms with Crippen molar-refractivity contribution in [1.29, 1.82) is 0 Å². The summed E-state index contributed by atoms with van der Waals surface area (Å²) in [6.07, 6.45) is 0.111. The molecule has 5 aromatic rings. The molecule has 202 valence electrons. The maximum absolute atomic E-state index is 14.5. The lowest BCUT2D eigenvalue weighted by molar-refractivity contribution is -0.212. The van der Waals surface area contributed by atoms with Crippen molar-refractivity contribution in [2.45, 2.75) is 51.4 Å². The number of nitrogens with zero attached hydrogens (tertiary/aromatic N) is 4. The number of hydrogen-bond acceptors (Lipinski definition) is 4. The number of thiophene rings is 1. The fourth-order valence-corrected chi connectivity index (χ4v) is 6.49. The van der Waals surface area contributed by atoms with Crippen molar-refractivity contribution in [3.05, 3.63) is 80.4 Å². The maximum atomic E-state index is 14.5. The molecule has 12 heteroatoms. The quantitative estimate of drug-likeness (QED) is 0.194. The fraction of sp³-hybridized carbons (Fsp3) is 0.296. The van der Waals surface area contributed by atoms with Gasteiger partial charge in [-0.05, 0) is 54.5 Å². The summed E-state index contributed by atoms with van der Waals surface area (Å²) >= 11 is 7.76. The van der Waals surface area contributed by atoms with E-state index in [1.165, 1.54) is 15.9 Å². The number of hydrogen-bond donors (Lipinski definition) is 0. The van der Waals surface area contributed by atoms with E-state index in [-0.39, 0.29) is 34.1 Å². The van der Waals surface area contributed by atoms with Gasteiger partial charge < -0.3 is 0 Å². The van der Waals surface area contributed by atoms with Crippen molar-refractivity contribution in [3.63, 3.8) is 0 Å². The lowest BCUT2D eigenvalue weighted by atomic mass is 10.0. The Morgan fingerprint density at radius 3 is 2.56 bits per heavy atom. The van der Waals surface area contributed by atoms with E-state index in [1.807, 2.05) is 6.92 Å². The zero-order valence-electron chi connectivity index (χ0n) is 20.5. The largest absolute Gasteiger partial charge is 0.504 e.